The summed E-state index contributed by atoms with van der Waals surface area (Å²) in [6.07, 6.45) is 0. The molecule has 1 amide bonds. The monoisotopic (exact) mass is 416 g/mol. The number of nitrogens with zero attached hydrogens (tertiary/aromatic N) is 2. The van der Waals surface area contributed by atoms with Crippen LogP contribution in [0.15, 0.2) is 36.4 Å². The maximum absolute atomic E-state index is 12.6. The zero-order chi connectivity index (χ0) is 20.1. The van der Waals surface area contributed by atoms with E-state index in [2.05, 4.69) is 28.9 Å². The highest BCUT2D eigenvalue weighted by atomic mass is 32.1. The molecule has 0 aliphatic carbocycles. The summed E-state index contributed by atoms with van der Waals surface area (Å²) < 4.78 is 66.3. The lowest BCUT2D eigenvalue weighted by atomic mass is 10.2. The van der Waals surface area contributed by atoms with Gasteiger partial charge in [-0.05, 0) is 24.3 Å². The third kappa shape index (κ3) is 4.97. The van der Waals surface area contributed by atoms with Gasteiger partial charge in [-0.15, -0.1) is 0 Å². The summed E-state index contributed by atoms with van der Waals surface area (Å²) in [5.41, 5.74) is 1.60. The predicted molar refractivity (Wildman–Crippen MR) is 94.2 cm³/mol. The number of amides is 1. The van der Waals surface area contributed by atoms with Gasteiger partial charge >= 0.3 is 13.2 Å². The van der Waals surface area contributed by atoms with E-state index in [0.29, 0.717) is 16.7 Å². The summed E-state index contributed by atoms with van der Waals surface area (Å²) in [7, 11) is 0. The van der Waals surface area contributed by atoms with Crippen molar-refractivity contribution in [3.8, 4) is 11.5 Å². The Morgan fingerprint density at radius 1 is 1.04 bits per heavy atom. The van der Waals surface area contributed by atoms with Crippen molar-refractivity contribution >= 4 is 40.0 Å². The Kier molecular flexibility index (Phi) is 6.09. The third-order valence-corrected chi connectivity index (χ3v) is 3.94. The van der Waals surface area contributed by atoms with Crippen LogP contribution in [0.25, 0.3) is 11.0 Å². The summed E-state index contributed by atoms with van der Waals surface area (Å²) in [5.74, 6) is -1.29. The first-order valence-corrected chi connectivity index (χ1v) is 8.44. The normalized spacial score (nSPS) is 11.1. The number of carbonyl (C=O) groups excluding carboxylic acids is 1. The molecule has 1 aromatic heterocycles. The van der Waals surface area contributed by atoms with Gasteiger partial charge in [0.05, 0.1) is 29.6 Å². The van der Waals surface area contributed by atoms with Crippen LogP contribution in [0.4, 0.5) is 28.9 Å². The van der Waals surface area contributed by atoms with Crippen molar-refractivity contribution in [3.05, 3.63) is 36.4 Å². The Morgan fingerprint density at radius 3 is 2.57 bits per heavy atom. The number of carbonyl (C=O) groups is 1. The second-order valence-electron chi connectivity index (χ2n) is 5.25. The Bertz CT molecular complexity index is 970. The number of fused-ring (bicyclic) bond motifs is 1. The van der Waals surface area contributed by atoms with Gasteiger partial charge in [-0.3, -0.25) is 4.79 Å². The predicted octanol–water partition coefficient (Wildman–Crippen LogP) is 3.94. The molecule has 0 atom stereocenters. The molecule has 2 N–H and O–H groups in total. The van der Waals surface area contributed by atoms with Gasteiger partial charge in [0.25, 0.3) is 0 Å². The Hall–Kier alpha value is -3.15. The van der Waals surface area contributed by atoms with Gasteiger partial charge in [-0.1, -0.05) is 6.07 Å². The first-order chi connectivity index (χ1) is 13.4. The number of rotatable bonds is 8. The van der Waals surface area contributed by atoms with Crippen LogP contribution in [0.2, 0.25) is 0 Å². The van der Waals surface area contributed by atoms with Gasteiger partial charge in [0.15, 0.2) is 5.75 Å². The number of benzene rings is 2. The summed E-state index contributed by atoms with van der Waals surface area (Å²) in [5, 5.41) is 5.24. The van der Waals surface area contributed by atoms with Crippen LogP contribution in [-0.2, 0) is 4.79 Å². The maximum Gasteiger partial charge on any atom is 0.387 e. The lowest BCUT2D eigenvalue weighted by molar-refractivity contribution is -0.114. The number of aromatic nitrogens is 2. The van der Waals surface area contributed by atoms with Crippen LogP contribution in [0.1, 0.15) is 0 Å². The van der Waals surface area contributed by atoms with Gasteiger partial charge in [-0.2, -0.15) is 26.3 Å². The zero-order valence-electron chi connectivity index (χ0n) is 13.9. The summed E-state index contributed by atoms with van der Waals surface area (Å²) in [6, 6.07) is 8.27. The van der Waals surface area contributed by atoms with Crippen LogP contribution in [0, 0.1) is 0 Å². The molecule has 3 rings (SSSR count). The zero-order valence-corrected chi connectivity index (χ0v) is 14.7. The average molecular weight is 416 g/mol. The third-order valence-electron chi connectivity index (χ3n) is 3.39. The number of nitrogens with one attached hydrogen (secondary N) is 2. The first-order valence-electron chi connectivity index (χ1n) is 7.71. The Labute approximate surface area is 159 Å². The van der Waals surface area contributed by atoms with Crippen LogP contribution >= 0.6 is 11.7 Å². The Morgan fingerprint density at radius 2 is 1.82 bits per heavy atom. The van der Waals surface area contributed by atoms with Gasteiger partial charge in [-0.25, -0.2) is 0 Å². The molecule has 7 nitrogen and oxygen atoms in total. The highest BCUT2D eigenvalue weighted by Gasteiger charge is 2.15. The van der Waals surface area contributed by atoms with Crippen molar-refractivity contribution in [1.82, 2.24) is 8.75 Å². The largest absolute Gasteiger partial charge is 0.435 e. The fraction of sp³-hybridized carbons (Fsp3) is 0.188. The van der Waals surface area contributed by atoms with Crippen LogP contribution in [-0.4, -0.2) is 34.4 Å². The van der Waals surface area contributed by atoms with Crippen LogP contribution < -0.4 is 20.1 Å². The minimum Gasteiger partial charge on any atom is -0.435 e. The van der Waals surface area contributed by atoms with Gasteiger partial charge in [0, 0.05) is 6.07 Å². The van der Waals surface area contributed by atoms with Gasteiger partial charge < -0.3 is 20.1 Å². The van der Waals surface area contributed by atoms with E-state index in [1.165, 1.54) is 6.07 Å². The van der Waals surface area contributed by atoms with E-state index >= 15 is 0 Å². The molecule has 3 aromatic rings. The number of alkyl halides is 4. The van der Waals surface area contributed by atoms with Crippen LogP contribution in [0.3, 0.4) is 0 Å². The van der Waals surface area contributed by atoms with Crippen molar-refractivity contribution in [2.75, 3.05) is 17.2 Å². The molecular weight excluding hydrogens is 404 g/mol. The fourth-order valence-corrected chi connectivity index (χ4v) is 2.84. The topological polar surface area (TPSA) is 85.4 Å². The van der Waals surface area contributed by atoms with E-state index < -0.39 is 24.9 Å². The molecule has 0 aliphatic heterocycles. The molecule has 0 saturated heterocycles. The highest BCUT2D eigenvalue weighted by Crippen LogP contribution is 2.31. The second-order valence-corrected chi connectivity index (χ2v) is 5.78. The second kappa shape index (κ2) is 8.69. The molecule has 0 aliphatic rings. The number of hydrogen-bond donors (Lipinski definition) is 2. The van der Waals surface area contributed by atoms with Crippen molar-refractivity contribution in [3.63, 3.8) is 0 Å². The number of ether oxygens (including phenoxy) is 2. The molecule has 28 heavy (non-hydrogen) atoms. The molecule has 0 bridgehead atoms. The smallest absolute Gasteiger partial charge is 0.387 e. The maximum atomic E-state index is 12.6. The molecule has 1 heterocycles. The van der Waals surface area contributed by atoms with E-state index in [9.17, 15) is 22.4 Å². The summed E-state index contributed by atoms with van der Waals surface area (Å²) in [4.78, 5) is 12.2. The van der Waals surface area contributed by atoms with Gasteiger partial charge in [0.2, 0.25) is 5.91 Å². The van der Waals surface area contributed by atoms with E-state index in [-0.39, 0.29) is 18.0 Å². The molecule has 2 aromatic carbocycles. The molecule has 0 saturated carbocycles. The van der Waals surface area contributed by atoms with E-state index in [0.717, 1.165) is 23.9 Å². The number of halogens is 4. The molecule has 0 radical (unpaired) electrons. The Balaban J connectivity index is 1.68. The highest BCUT2D eigenvalue weighted by molar-refractivity contribution is 7.00. The number of anilines is 2. The number of hydrogen-bond acceptors (Lipinski definition) is 7. The van der Waals surface area contributed by atoms with Crippen molar-refractivity contribution in [2.45, 2.75) is 13.2 Å². The first kappa shape index (κ1) is 19.6. The van der Waals surface area contributed by atoms with E-state index in [1.54, 1.807) is 18.2 Å². The van der Waals surface area contributed by atoms with Crippen molar-refractivity contribution in [1.29, 1.82) is 0 Å². The fourth-order valence-electron chi connectivity index (χ4n) is 2.30. The summed E-state index contributed by atoms with van der Waals surface area (Å²) in [6.45, 7) is -6.61. The molecule has 148 valence electrons. The molecule has 0 spiro atoms. The molecule has 12 heteroatoms. The SMILES string of the molecule is O=C(CNc1ccc(OC(F)F)cc1OC(F)F)Nc1cccc2nsnc12. The standard InChI is InChI=1S/C16H12F4N4O3S/c17-15(18)26-8-4-5-9(12(6-8)27-16(19)20)21-7-13(25)22-10-2-1-3-11-14(10)24-28-23-11/h1-6,15-16,21H,7H2,(H,22,25). The minimum atomic E-state index is -3.19. The quantitative estimate of drug-likeness (QED) is 0.541. The van der Waals surface area contributed by atoms with Crippen LogP contribution in [0.5, 0.6) is 11.5 Å². The lowest BCUT2D eigenvalue weighted by Gasteiger charge is -2.14. The average Bonchev–Trinajstić information content (AvgIpc) is 3.10. The lowest BCUT2D eigenvalue weighted by Crippen LogP contribution is -2.22. The molecule has 0 fully saturated rings. The molecular formula is C16H12F4N4O3S. The molecule has 0 unspecified atom stereocenters. The summed E-state index contributed by atoms with van der Waals surface area (Å²) >= 11 is 0.998. The van der Waals surface area contributed by atoms with E-state index in [1.807, 2.05) is 0 Å². The van der Waals surface area contributed by atoms with Gasteiger partial charge in [0.1, 0.15) is 16.8 Å². The van der Waals surface area contributed by atoms with Crippen molar-refractivity contribution in [2.24, 2.45) is 0 Å². The minimum absolute atomic E-state index is 0.00519. The van der Waals surface area contributed by atoms with Crippen molar-refractivity contribution < 1.29 is 31.8 Å². The van der Waals surface area contributed by atoms with E-state index in [4.69, 9.17) is 0 Å².